The highest BCUT2D eigenvalue weighted by Crippen LogP contribution is 2.37. The second kappa shape index (κ2) is 6.26. The molecule has 0 bridgehead atoms. The predicted molar refractivity (Wildman–Crippen MR) is 86.6 cm³/mol. The lowest BCUT2D eigenvalue weighted by atomic mass is 9.94. The molecule has 0 unspecified atom stereocenters. The first-order valence-corrected chi connectivity index (χ1v) is 8.00. The SMILES string of the molecule is Cc1nn(C)c(C)c1[C@H]1OCC[C@H]1CNCc1cccn1C. The average molecular weight is 302 g/mol. The Morgan fingerprint density at radius 3 is 2.82 bits per heavy atom. The van der Waals surface area contributed by atoms with Gasteiger partial charge in [-0.2, -0.15) is 5.10 Å². The summed E-state index contributed by atoms with van der Waals surface area (Å²) in [6.45, 7) is 6.93. The Morgan fingerprint density at radius 2 is 2.18 bits per heavy atom. The molecule has 2 aromatic heterocycles. The summed E-state index contributed by atoms with van der Waals surface area (Å²) in [6.07, 6.45) is 3.37. The maximum absolute atomic E-state index is 6.04. The third-order valence-electron chi connectivity index (χ3n) is 4.83. The largest absolute Gasteiger partial charge is 0.373 e. The Bertz CT molecular complexity index is 643. The molecule has 0 aromatic carbocycles. The molecule has 22 heavy (non-hydrogen) atoms. The summed E-state index contributed by atoms with van der Waals surface area (Å²) in [6, 6.07) is 4.24. The summed E-state index contributed by atoms with van der Waals surface area (Å²) in [5, 5.41) is 8.12. The van der Waals surface area contributed by atoms with Gasteiger partial charge in [0.05, 0.1) is 11.8 Å². The van der Waals surface area contributed by atoms with Gasteiger partial charge in [-0.1, -0.05) is 0 Å². The fourth-order valence-electron chi connectivity index (χ4n) is 3.43. The highest BCUT2D eigenvalue weighted by Gasteiger charge is 2.33. The van der Waals surface area contributed by atoms with Crippen molar-refractivity contribution in [2.75, 3.05) is 13.2 Å². The Labute approximate surface area is 132 Å². The van der Waals surface area contributed by atoms with E-state index in [1.807, 2.05) is 11.7 Å². The number of rotatable bonds is 5. The molecule has 1 saturated heterocycles. The number of nitrogens with one attached hydrogen (secondary N) is 1. The molecule has 0 aliphatic carbocycles. The van der Waals surface area contributed by atoms with Crippen molar-refractivity contribution in [1.82, 2.24) is 19.7 Å². The van der Waals surface area contributed by atoms with Gasteiger partial charge < -0.3 is 14.6 Å². The van der Waals surface area contributed by atoms with Crippen molar-refractivity contribution in [3.63, 3.8) is 0 Å². The molecule has 2 aromatic rings. The van der Waals surface area contributed by atoms with Crippen molar-refractivity contribution in [1.29, 1.82) is 0 Å². The van der Waals surface area contributed by atoms with Crippen LogP contribution >= 0.6 is 0 Å². The maximum Gasteiger partial charge on any atom is 0.0901 e. The average Bonchev–Trinajstić information content (AvgIpc) is 3.14. The number of ether oxygens (including phenoxy) is 1. The third-order valence-corrected chi connectivity index (χ3v) is 4.83. The van der Waals surface area contributed by atoms with Gasteiger partial charge in [0.2, 0.25) is 0 Å². The van der Waals surface area contributed by atoms with Crippen molar-refractivity contribution in [3.05, 3.63) is 41.0 Å². The van der Waals surface area contributed by atoms with Gasteiger partial charge in [-0.15, -0.1) is 0 Å². The van der Waals surface area contributed by atoms with Crippen molar-refractivity contribution < 1.29 is 4.74 Å². The summed E-state index contributed by atoms with van der Waals surface area (Å²) in [5.74, 6) is 0.516. The van der Waals surface area contributed by atoms with Crippen LogP contribution in [-0.4, -0.2) is 27.5 Å². The Morgan fingerprint density at radius 1 is 1.36 bits per heavy atom. The molecule has 1 N–H and O–H groups in total. The van der Waals surface area contributed by atoms with Crippen LogP contribution in [0.2, 0.25) is 0 Å². The molecule has 1 aliphatic heterocycles. The normalized spacial score (nSPS) is 21.6. The summed E-state index contributed by atoms with van der Waals surface area (Å²) in [5.41, 5.74) is 4.91. The van der Waals surface area contributed by atoms with Gasteiger partial charge in [-0.05, 0) is 32.4 Å². The third kappa shape index (κ3) is 2.83. The van der Waals surface area contributed by atoms with Crippen molar-refractivity contribution in [3.8, 4) is 0 Å². The summed E-state index contributed by atoms with van der Waals surface area (Å²) in [4.78, 5) is 0. The van der Waals surface area contributed by atoms with E-state index in [0.717, 1.165) is 31.8 Å². The molecule has 120 valence electrons. The van der Waals surface area contributed by atoms with Crippen molar-refractivity contribution in [2.45, 2.75) is 32.9 Å². The van der Waals surface area contributed by atoms with E-state index in [4.69, 9.17) is 4.74 Å². The fourth-order valence-corrected chi connectivity index (χ4v) is 3.43. The lowest BCUT2D eigenvalue weighted by Crippen LogP contribution is -2.25. The first-order valence-electron chi connectivity index (χ1n) is 8.00. The van der Waals surface area contributed by atoms with E-state index in [1.54, 1.807) is 0 Å². The number of aromatic nitrogens is 3. The highest BCUT2D eigenvalue weighted by molar-refractivity contribution is 5.28. The molecule has 0 saturated carbocycles. The molecule has 0 radical (unpaired) electrons. The van der Waals surface area contributed by atoms with E-state index < -0.39 is 0 Å². The highest BCUT2D eigenvalue weighted by atomic mass is 16.5. The number of aryl methyl sites for hydroxylation is 3. The first kappa shape index (κ1) is 15.3. The first-order chi connectivity index (χ1) is 10.6. The van der Waals surface area contributed by atoms with E-state index in [1.165, 1.54) is 17.0 Å². The van der Waals surface area contributed by atoms with Crippen molar-refractivity contribution in [2.24, 2.45) is 20.0 Å². The molecule has 3 rings (SSSR count). The molecule has 0 amide bonds. The van der Waals surface area contributed by atoms with Crippen LogP contribution < -0.4 is 5.32 Å². The van der Waals surface area contributed by atoms with E-state index in [-0.39, 0.29) is 6.10 Å². The topological polar surface area (TPSA) is 44.0 Å². The zero-order valence-corrected chi connectivity index (χ0v) is 14.0. The lowest BCUT2D eigenvalue weighted by molar-refractivity contribution is 0.0893. The molecule has 1 fully saturated rings. The standard InChI is InChI=1S/C17H26N4O/c1-12-16(13(2)21(4)19-12)17-14(7-9-22-17)10-18-11-15-6-5-8-20(15)3/h5-6,8,14,17-18H,7,9-11H2,1-4H3/t14-,17-/m0/s1. The molecular weight excluding hydrogens is 276 g/mol. The summed E-state index contributed by atoms with van der Waals surface area (Å²) >= 11 is 0. The second-order valence-corrected chi connectivity index (χ2v) is 6.29. The van der Waals surface area contributed by atoms with Crippen LogP contribution in [0.1, 0.15) is 35.2 Å². The smallest absolute Gasteiger partial charge is 0.0901 e. The minimum absolute atomic E-state index is 0.176. The molecule has 5 nitrogen and oxygen atoms in total. The number of hydrogen-bond donors (Lipinski definition) is 1. The van der Waals surface area contributed by atoms with Crippen LogP contribution in [0.4, 0.5) is 0 Å². The van der Waals surface area contributed by atoms with Gasteiger partial charge in [-0.25, -0.2) is 0 Å². The molecule has 1 aliphatic rings. The Balaban J connectivity index is 1.65. The van der Waals surface area contributed by atoms with Gasteiger partial charge in [-0.3, -0.25) is 4.68 Å². The second-order valence-electron chi connectivity index (χ2n) is 6.29. The van der Waals surface area contributed by atoms with Crippen molar-refractivity contribution >= 4 is 0 Å². The summed E-state index contributed by atoms with van der Waals surface area (Å²) < 4.78 is 10.2. The monoisotopic (exact) mass is 302 g/mol. The van der Waals surface area contributed by atoms with E-state index >= 15 is 0 Å². The quantitative estimate of drug-likeness (QED) is 0.921. The minimum atomic E-state index is 0.176. The zero-order valence-electron chi connectivity index (χ0n) is 14.0. The summed E-state index contributed by atoms with van der Waals surface area (Å²) in [7, 11) is 4.09. The van der Waals surface area contributed by atoms with Gasteiger partial charge in [0.1, 0.15) is 0 Å². The van der Waals surface area contributed by atoms with Crippen LogP contribution in [0, 0.1) is 19.8 Å². The molecule has 0 spiro atoms. The van der Waals surface area contributed by atoms with E-state index in [0.29, 0.717) is 5.92 Å². The predicted octanol–water partition coefficient (Wildman–Crippen LogP) is 2.24. The van der Waals surface area contributed by atoms with Gasteiger partial charge in [0, 0.05) is 62.9 Å². The number of nitrogens with zero attached hydrogens (tertiary/aromatic N) is 3. The van der Waals surface area contributed by atoms with Gasteiger partial charge in [0.25, 0.3) is 0 Å². The molecule has 2 atom stereocenters. The lowest BCUT2D eigenvalue weighted by Gasteiger charge is -2.20. The van der Waals surface area contributed by atoms with Crippen LogP contribution in [0.15, 0.2) is 18.3 Å². The minimum Gasteiger partial charge on any atom is -0.373 e. The van der Waals surface area contributed by atoms with Crippen LogP contribution in [0.5, 0.6) is 0 Å². The molecule has 5 heteroatoms. The fraction of sp³-hybridized carbons (Fsp3) is 0.588. The molecular formula is C17H26N4O. The van der Waals surface area contributed by atoms with Crippen LogP contribution in [-0.2, 0) is 25.4 Å². The van der Waals surface area contributed by atoms with Crippen LogP contribution in [0.25, 0.3) is 0 Å². The molecule has 3 heterocycles. The Kier molecular flexibility index (Phi) is 4.36. The van der Waals surface area contributed by atoms with E-state index in [2.05, 4.69) is 54.2 Å². The maximum atomic E-state index is 6.04. The Hall–Kier alpha value is -1.59. The van der Waals surface area contributed by atoms with Crippen LogP contribution in [0.3, 0.4) is 0 Å². The zero-order chi connectivity index (χ0) is 15.7. The van der Waals surface area contributed by atoms with E-state index in [9.17, 15) is 0 Å². The van der Waals surface area contributed by atoms with Gasteiger partial charge >= 0.3 is 0 Å². The van der Waals surface area contributed by atoms with Gasteiger partial charge in [0.15, 0.2) is 0 Å². The number of hydrogen-bond acceptors (Lipinski definition) is 3.